The predicted octanol–water partition coefficient (Wildman–Crippen LogP) is 4.23. The van der Waals surface area contributed by atoms with Crippen molar-refractivity contribution in [1.82, 2.24) is 9.80 Å². The maximum absolute atomic E-state index is 5.05. The van der Waals surface area contributed by atoms with Gasteiger partial charge in [0, 0.05) is 25.3 Å². The average molecular weight is 301 g/mol. The molecule has 0 spiro atoms. The Labute approximate surface area is 136 Å². The van der Waals surface area contributed by atoms with Gasteiger partial charge in [0.2, 0.25) is 0 Å². The fraction of sp³-hybridized carbons (Fsp3) is 0.632. The van der Waals surface area contributed by atoms with Gasteiger partial charge in [-0.1, -0.05) is 45.9 Å². The number of rotatable bonds is 5. The molecule has 1 aliphatic heterocycles. The Bertz CT molecular complexity index is 505. The van der Waals surface area contributed by atoms with Crippen molar-refractivity contribution in [2.75, 3.05) is 33.4 Å². The fourth-order valence-electron chi connectivity index (χ4n) is 3.11. The SMILES string of the molecule is CC(CN1CCN(C)C1)=Nc1c(C(C)C)cccc1C(C)C. The van der Waals surface area contributed by atoms with Crippen LogP contribution in [0.25, 0.3) is 0 Å². The highest BCUT2D eigenvalue weighted by atomic mass is 15.4. The highest BCUT2D eigenvalue weighted by molar-refractivity contribution is 5.87. The zero-order valence-electron chi connectivity index (χ0n) is 15.1. The number of para-hydroxylation sites is 1. The number of nitrogens with zero attached hydrogens (tertiary/aromatic N) is 3. The van der Waals surface area contributed by atoms with E-state index in [-0.39, 0.29) is 0 Å². The molecule has 0 N–H and O–H groups in total. The maximum atomic E-state index is 5.05. The van der Waals surface area contributed by atoms with Crippen molar-refractivity contribution in [3.05, 3.63) is 29.3 Å². The summed E-state index contributed by atoms with van der Waals surface area (Å²) in [4.78, 5) is 9.87. The minimum atomic E-state index is 0.503. The summed E-state index contributed by atoms with van der Waals surface area (Å²) in [5.41, 5.74) is 5.15. The van der Waals surface area contributed by atoms with Gasteiger partial charge < -0.3 is 0 Å². The Balaban J connectivity index is 2.27. The Morgan fingerprint density at radius 3 is 2.14 bits per heavy atom. The van der Waals surface area contributed by atoms with Gasteiger partial charge in [0.1, 0.15) is 0 Å². The molecule has 0 saturated carbocycles. The molecule has 122 valence electrons. The van der Waals surface area contributed by atoms with Crippen LogP contribution in [0.1, 0.15) is 57.6 Å². The molecule has 0 atom stereocenters. The minimum Gasteiger partial charge on any atom is -0.292 e. The van der Waals surface area contributed by atoms with Gasteiger partial charge in [0.05, 0.1) is 12.4 Å². The summed E-state index contributed by atoms with van der Waals surface area (Å²) in [6, 6.07) is 6.63. The summed E-state index contributed by atoms with van der Waals surface area (Å²) in [6.07, 6.45) is 0. The molecule has 22 heavy (non-hydrogen) atoms. The Morgan fingerprint density at radius 2 is 1.68 bits per heavy atom. The van der Waals surface area contributed by atoms with Crippen LogP contribution in [0.5, 0.6) is 0 Å². The first-order valence-corrected chi connectivity index (χ1v) is 8.46. The van der Waals surface area contributed by atoms with Crippen LogP contribution in [-0.4, -0.2) is 48.9 Å². The van der Waals surface area contributed by atoms with Crippen molar-refractivity contribution in [2.24, 2.45) is 4.99 Å². The first kappa shape index (κ1) is 17.2. The summed E-state index contributed by atoms with van der Waals surface area (Å²) < 4.78 is 0. The van der Waals surface area contributed by atoms with Crippen molar-refractivity contribution in [3.63, 3.8) is 0 Å². The van der Waals surface area contributed by atoms with E-state index in [1.54, 1.807) is 0 Å². The van der Waals surface area contributed by atoms with Gasteiger partial charge in [-0.05, 0) is 36.9 Å². The lowest BCUT2D eigenvalue weighted by atomic mass is 9.93. The number of hydrogen-bond acceptors (Lipinski definition) is 3. The summed E-state index contributed by atoms with van der Waals surface area (Å²) >= 11 is 0. The van der Waals surface area contributed by atoms with Gasteiger partial charge >= 0.3 is 0 Å². The second-order valence-electron chi connectivity index (χ2n) is 7.22. The van der Waals surface area contributed by atoms with E-state index < -0.39 is 0 Å². The molecule has 1 aromatic carbocycles. The van der Waals surface area contributed by atoms with Crippen molar-refractivity contribution >= 4 is 11.4 Å². The topological polar surface area (TPSA) is 18.8 Å². The lowest BCUT2D eigenvalue weighted by molar-refractivity contribution is 0.302. The van der Waals surface area contributed by atoms with Crippen LogP contribution < -0.4 is 0 Å². The lowest BCUT2D eigenvalue weighted by Crippen LogP contribution is -2.28. The van der Waals surface area contributed by atoms with E-state index in [9.17, 15) is 0 Å². The third-order valence-electron chi connectivity index (χ3n) is 4.34. The smallest absolute Gasteiger partial charge is 0.0698 e. The molecule has 0 aliphatic carbocycles. The van der Waals surface area contributed by atoms with Crippen molar-refractivity contribution in [3.8, 4) is 0 Å². The van der Waals surface area contributed by atoms with E-state index in [1.807, 2.05) is 0 Å². The Hall–Kier alpha value is -1.19. The molecule has 1 fully saturated rings. The van der Waals surface area contributed by atoms with Gasteiger partial charge in [-0.2, -0.15) is 0 Å². The molecule has 1 heterocycles. The zero-order chi connectivity index (χ0) is 16.3. The van der Waals surface area contributed by atoms with Crippen molar-refractivity contribution < 1.29 is 0 Å². The van der Waals surface area contributed by atoms with Crippen LogP contribution in [0.2, 0.25) is 0 Å². The van der Waals surface area contributed by atoms with E-state index in [4.69, 9.17) is 4.99 Å². The summed E-state index contributed by atoms with van der Waals surface area (Å²) in [6.45, 7) is 15.5. The minimum absolute atomic E-state index is 0.503. The first-order valence-electron chi connectivity index (χ1n) is 8.46. The van der Waals surface area contributed by atoms with Crippen LogP contribution >= 0.6 is 0 Å². The molecule has 0 bridgehead atoms. The third-order valence-corrected chi connectivity index (χ3v) is 4.34. The van der Waals surface area contributed by atoms with Crippen molar-refractivity contribution in [1.29, 1.82) is 0 Å². The largest absolute Gasteiger partial charge is 0.292 e. The first-order chi connectivity index (χ1) is 10.4. The molecular formula is C19H31N3. The van der Waals surface area contributed by atoms with E-state index in [2.05, 4.69) is 69.7 Å². The predicted molar refractivity (Wildman–Crippen MR) is 96.5 cm³/mol. The zero-order valence-corrected chi connectivity index (χ0v) is 15.1. The van der Waals surface area contributed by atoms with Crippen LogP contribution in [0, 0.1) is 0 Å². The summed E-state index contributed by atoms with van der Waals surface area (Å²) in [5, 5.41) is 0. The molecule has 1 aromatic rings. The van der Waals surface area contributed by atoms with Gasteiger partial charge in [-0.15, -0.1) is 0 Å². The highest BCUT2D eigenvalue weighted by Crippen LogP contribution is 2.34. The van der Waals surface area contributed by atoms with E-state index in [1.165, 1.54) is 22.5 Å². The molecule has 1 aliphatic rings. The molecule has 0 radical (unpaired) electrons. The fourth-order valence-corrected chi connectivity index (χ4v) is 3.11. The summed E-state index contributed by atoms with van der Waals surface area (Å²) in [5.74, 6) is 1.01. The number of likely N-dealkylation sites (N-methyl/N-ethyl adjacent to an activating group) is 1. The Kier molecular flexibility index (Phi) is 5.76. The maximum Gasteiger partial charge on any atom is 0.0698 e. The molecule has 1 saturated heterocycles. The normalized spacial score (nSPS) is 17.9. The number of hydrogen-bond donors (Lipinski definition) is 0. The van der Waals surface area contributed by atoms with Gasteiger partial charge in [-0.3, -0.25) is 14.8 Å². The van der Waals surface area contributed by atoms with Gasteiger partial charge in [-0.25, -0.2) is 0 Å². The van der Waals surface area contributed by atoms with Crippen LogP contribution in [0.3, 0.4) is 0 Å². The van der Waals surface area contributed by atoms with E-state index in [0.29, 0.717) is 11.8 Å². The second-order valence-corrected chi connectivity index (χ2v) is 7.22. The molecule has 0 unspecified atom stereocenters. The molecule has 3 heteroatoms. The molecular weight excluding hydrogens is 270 g/mol. The van der Waals surface area contributed by atoms with Crippen LogP contribution in [0.4, 0.5) is 5.69 Å². The number of aliphatic imine (C=N–C) groups is 1. The molecule has 0 amide bonds. The van der Waals surface area contributed by atoms with Crippen LogP contribution in [0.15, 0.2) is 23.2 Å². The van der Waals surface area contributed by atoms with E-state index >= 15 is 0 Å². The summed E-state index contributed by atoms with van der Waals surface area (Å²) in [7, 11) is 2.18. The quantitative estimate of drug-likeness (QED) is 0.758. The molecule has 3 nitrogen and oxygen atoms in total. The Morgan fingerprint density at radius 1 is 1.09 bits per heavy atom. The van der Waals surface area contributed by atoms with Gasteiger partial charge in [0.25, 0.3) is 0 Å². The monoisotopic (exact) mass is 301 g/mol. The highest BCUT2D eigenvalue weighted by Gasteiger charge is 2.18. The third kappa shape index (κ3) is 4.17. The van der Waals surface area contributed by atoms with Crippen molar-refractivity contribution in [2.45, 2.75) is 46.5 Å². The second kappa shape index (κ2) is 7.38. The van der Waals surface area contributed by atoms with Gasteiger partial charge in [0.15, 0.2) is 0 Å². The van der Waals surface area contributed by atoms with Crippen LogP contribution in [-0.2, 0) is 0 Å². The molecule has 0 aromatic heterocycles. The standard InChI is InChI=1S/C19H31N3/c1-14(2)17-8-7-9-18(15(3)4)19(17)20-16(5)12-22-11-10-21(6)13-22/h7-9,14-15H,10-13H2,1-6H3. The lowest BCUT2D eigenvalue weighted by Gasteiger charge is -2.19. The number of benzene rings is 1. The average Bonchev–Trinajstić information content (AvgIpc) is 2.83. The molecule has 2 rings (SSSR count). The van der Waals surface area contributed by atoms with E-state index in [0.717, 1.165) is 26.3 Å².